The van der Waals surface area contributed by atoms with Gasteiger partial charge in [0.15, 0.2) is 6.29 Å². The second kappa shape index (κ2) is 6.67. The van der Waals surface area contributed by atoms with Crippen molar-refractivity contribution in [3.63, 3.8) is 0 Å². The van der Waals surface area contributed by atoms with E-state index in [1.807, 2.05) is 23.0 Å². The van der Waals surface area contributed by atoms with Crippen molar-refractivity contribution < 1.29 is 4.79 Å². The zero-order valence-corrected chi connectivity index (χ0v) is 16.0. The molecular weight excluding hydrogens is 330 g/mol. The number of aromatic nitrogens is 3. The predicted molar refractivity (Wildman–Crippen MR) is 101 cm³/mol. The van der Waals surface area contributed by atoms with Crippen LogP contribution in [-0.2, 0) is 6.54 Å². The lowest BCUT2D eigenvalue weighted by atomic mass is 9.59. The Morgan fingerprint density at radius 2 is 2.04 bits per heavy atom. The molecule has 0 aromatic carbocycles. The summed E-state index contributed by atoms with van der Waals surface area (Å²) in [5.41, 5.74) is 1.21. The zero-order valence-electron chi connectivity index (χ0n) is 15.1. The molecule has 2 atom stereocenters. The van der Waals surface area contributed by atoms with Gasteiger partial charge in [-0.25, -0.2) is 0 Å². The van der Waals surface area contributed by atoms with E-state index in [1.165, 1.54) is 49.9 Å². The maximum atomic E-state index is 10.9. The van der Waals surface area contributed by atoms with Gasteiger partial charge in [-0.1, -0.05) is 25.5 Å². The third kappa shape index (κ3) is 3.57. The summed E-state index contributed by atoms with van der Waals surface area (Å²) in [5, 5.41) is 8.71. The van der Waals surface area contributed by atoms with Gasteiger partial charge in [-0.3, -0.25) is 9.48 Å². The summed E-state index contributed by atoms with van der Waals surface area (Å²) in [6, 6.07) is 3.81. The molecule has 2 saturated carbocycles. The van der Waals surface area contributed by atoms with E-state index in [0.717, 1.165) is 46.0 Å². The molecule has 25 heavy (non-hydrogen) atoms. The number of rotatable bonds is 5. The quantitative estimate of drug-likeness (QED) is 0.703. The largest absolute Gasteiger partial charge is 0.297 e. The van der Waals surface area contributed by atoms with E-state index >= 15 is 0 Å². The molecule has 2 aliphatic rings. The number of carbonyl (C=O) groups is 1. The Bertz CT molecular complexity index is 736. The van der Waals surface area contributed by atoms with Crippen LogP contribution >= 0.6 is 11.3 Å². The van der Waals surface area contributed by atoms with Gasteiger partial charge in [0.1, 0.15) is 5.69 Å². The van der Waals surface area contributed by atoms with Gasteiger partial charge in [0.25, 0.3) is 0 Å². The number of thiophene rings is 1. The first-order chi connectivity index (χ1) is 12.1. The predicted octanol–water partition coefficient (Wildman–Crippen LogP) is 5.06. The third-order valence-corrected chi connectivity index (χ3v) is 7.25. The lowest BCUT2D eigenvalue weighted by Crippen LogP contribution is -2.39. The van der Waals surface area contributed by atoms with E-state index in [-0.39, 0.29) is 0 Å². The first kappa shape index (κ1) is 17.0. The van der Waals surface area contributed by atoms with Crippen molar-refractivity contribution in [3.05, 3.63) is 23.2 Å². The Morgan fingerprint density at radius 3 is 2.68 bits per heavy atom. The molecule has 0 radical (unpaired) electrons. The van der Waals surface area contributed by atoms with Gasteiger partial charge in [-0.05, 0) is 67.4 Å². The topological polar surface area (TPSA) is 47.8 Å². The molecule has 0 amide bonds. The molecule has 134 valence electrons. The average molecular weight is 358 g/mol. The smallest absolute Gasteiger partial charge is 0.160 e. The summed E-state index contributed by atoms with van der Waals surface area (Å²) in [4.78, 5) is 12.6. The number of hydrogen-bond acceptors (Lipinski definition) is 4. The molecule has 5 heteroatoms. The van der Waals surface area contributed by atoms with Crippen molar-refractivity contribution in [2.75, 3.05) is 0 Å². The fourth-order valence-corrected chi connectivity index (χ4v) is 6.18. The summed E-state index contributed by atoms with van der Waals surface area (Å²) in [6.07, 6.45) is 11.2. The standard InChI is InChI=1S/C20H27N3OS/c1-3-14-6-15-8-16(7-14)10-20(2,9-15)13-23-11-18(21-22-23)19-5-4-17(12-24)25-19/h4-5,11-12,14-16H,3,6-10,13H2,1-2H3. The van der Waals surface area contributed by atoms with Crippen molar-refractivity contribution in [2.24, 2.45) is 23.2 Å². The van der Waals surface area contributed by atoms with E-state index in [9.17, 15) is 4.79 Å². The van der Waals surface area contributed by atoms with Gasteiger partial charge in [0, 0.05) is 6.54 Å². The molecule has 2 heterocycles. The highest BCUT2D eigenvalue weighted by Crippen LogP contribution is 2.51. The van der Waals surface area contributed by atoms with Crippen LogP contribution < -0.4 is 0 Å². The number of nitrogens with zero attached hydrogens (tertiary/aromatic N) is 3. The summed E-state index contributed by atoms with van der Waals surface area (Å²) >= 11 is 1.48. The van der Waals surface area contributed by atoms with Crippen LogP contribution in [0.2, 0.25) is 0 Å². The Kier molecular flexibility index (Phi) is 4.52. The third-order valence-electron chi connectivity index (χ3n) is 6.22. The van der Waals surface area contributed by atoms with Crippen molar-refractivity contribution >= 4 is 17.6 Å². The first-order valence-electron chi connectivity index (χ1n) is 9.52. The molecule has 2 aliphatic carbocycles. The molecule has 2 aromatic heterocycles. The van der Waals surface area contributed by atoms with Crippen LogP contribution in [0.3, 0.4) is 0 Å². The zero-order chi connectivity index (χ0) is 17.4. The monoisotopic (exact) mass is 357 g/mol. The minimum absolute atomic E-state index is 0.334. The van der Waals surface area contributed by atoms with Crippen LogP contribution in [0.4, 0.5) is 0 Å². The van der Waals surface area contributed by atoms with E-state index in [4.69, 9.17) is 0 Å². The molecule has 2 aromatic rings. The normalized spacial score (nSPS) is 31.8. The van der Waals surface area contributed by atoms with E-state index in [0.29, 0.717) is 5.41 Å². The minimum atomic E-state index is 0.334. The molecule has 2 unspecified atom stereocenters. The van der Waals surface area contributed by atoms with E-state index in [2.05, 4.69) is 24.2 Å². The fourth-order valence-electron chi connectivity index (χ4n) is 5.41. The number of carbonyl (C=O) groups excluding carboxylic acids is 1. The Hall–Kier alpha value is -1.49. The molecule has 0 aliphatic heterocycles. The van der Waals surface area contributed by atoms with E-state index < -0.39 is 0 Å². The lowest BCUT2D eigenvalue weighted by molar-refractivity contribution is 0.0280. The van der Waals surface area contributed by atoms with Crippen molar-refractivity contribution in [3.8, 4) is 10.6 Å². The highest BCUT2D eigenvalue weighted by atomic mass is 32.1. The molecule has 2 fully saturated rings. The Morgan fingerprint density at radius 1 is 1.28 bits per heavy atom. The maximum Gasteiger partial charge on any atom is 0.160 e. The second-order valence-corrected chi connectivity index (χ2v) is 9.67. The van der Waals surface area contributed by atoms with Gasteiger partial charge in [-0.2, -0.15) is 0 Å². The number of hydrogen-bond donors (Lipinski definition) is 0. The van der Waals surface area contributed by atoms with Crippen LogP contribution in [0.25, 0.3) is 10.6 Å². The Labute approximate surface area is 153 Å². The van der Waals surface area contributed by atoms with Gasteiger partial charge >= 0.3 is 0 Å². The van der Waals surface area contributed by atoms with Crippen LogP contribution in [-0.4, -0.2) is 21.3 Å². The van der Waals surface area contributed by atoms with Crippen molar-refractivity contribution in [1.82, 2.24) is 15.0 Å². The second-order valence-electron chi connectivity index (χ2n) is 8.55. The molecule has 4 nitrogen and oxygen atoms in total. The van der Waals surface area contributed by atoms with E-state index in [1.54, 1.807) is 0 Å². The SMILES string of the molecule is CCC1CC2CC(C1)CC(C)(Cn1cc(-c3ccc(C=O)s3)nn1)C2. The van der Waals surface area contributed by atoms with Gasteiger partial charge in [0.2, 0.25) is 0 Å². The number of aldehydes is 1. The van der Waals surface area contributed by atoms with Gasteiger partial charge < -0.3 is 0 Å². The molecule has 0 saturated heterocycles. The average Bonchev–Trinajstić information content (AvgIpc) is 3.22. The summed E-state index contributed by atoms with van der Waals surface area (Å²) in [7, 11) is 0. The lowest BCUT2D eigenvalue weighted by Gasteiger charge is -2.47. The van der Waals surface area contributed by atoms with Crippen LogP contribution in [0.15, 0.2) is 18.3 Å². The van der Waals surface area contributed by atoms with Crippen LogP contribution in [0.5, 0.6) is 0 Å². The summed E-state index contributed by atoms with van der Waals surface area (Å²) in [6.45, 7) is 5.74. The highest BCUT2D eigenvalue weighted by molar-refractivity contribution is 7.17. The minimum Gasteiger partial charge on any atom is -0.297 e. The maximum absolute atomic E-state index is 10.9. The highest BCUT2D eigenvalue weighted by Gasteiger charge is 2.41. The summed E-state index contributed by atoms with van der Waals surface area (Å²) in [5.74, 6) is 2.76. The Balaban J connectivity index is 1.46. The molecule has 2 bridgehead atoms. The fraction of sp³-hybridized carbons (Fsp3) is 0.650. The molecule has 0 spiro atoms. The van der Waals surface area contributed by atoms with Crippen LogP contribution in [0, 0.1) is 23.2 Å². The van der Waals surface area contributed by atoms with Crippen molar-refractivity contribution in [2.45, 2.75) is 58.9 Å². The van der Waals surface area contributed by atoms with Gasteiger partial charge in [0.05, 0.1) is 16.0 Å². The first-order valence-corrected chi connectivity index (χ1v) is 10.3. The molecule has 4 rings (SSSR count). The van der Waals surface area contributed by atoms with Gasteiger partial charge in [-0.15, -0.1) is 16.4 Å². The molecular formula is C20H27N3OS. The number of fused-ring (bicyclic) bond motifs is 2. The molecule has 0 N–H and O–H groups in total. The van der Waals surface area contributed by atoms with Crippen LogP contribution in [0.1, 0.15) is 62.0 Å². The van der Waals surface area contributed by atoms with Crippen molar-refractivity contribution in [1.29, 1.82) is 0 Å². The summed E-state index contributed by atoms with van der Waals surface area (Å²) < 4.78 is 2.02.